The van der Waals surface area contributed by atoms with E-state index in [1.807, 2.05) is 63.6 Å². The van der Waals surface area contributed by atoms with Crippen LogP contribution in [0.2, 0.25) is 0 Å². The maximum atomic E-state index is 12.8. The molecule has 0 aliphatic heterocycles. The maximum absolute atomic E-state index is 12.8. The first kappa shape index (κ1) is 15.3. The van der Waals surface area contributed by atoms with E-state index in [0.29, 0.717) is 4.90 Å². The van der Waals surface area contributed by atoms with Crippen molar-refractivity contribution in [1.82, 2.24) is 4.72 Å². The number of fused-ring (bicyclic) bond motifs is 1. The molecule has 1 aliphatic rings. The third-order valence-electron chi connectivity index (χ3n) is 4.12. The average Bonchev–Trinajstić information content (AvgIpc) is 2.80. The van der Waals surface area contributed by atoms with Crippen LogP contribution in [0.3, 0.4) is 0 Å². The van der Waals surface area contributed by atoms with Crippen LogP contribution >= 0.6 is 0 Å². The Morgan fingerprint density at radius 3 is 2.36 bits per heavy atom. The first-order chi connectivity index (χ1) is 10.4. The lowest BCUT2D eigenvalue weighted by atomic mass is 10.1. The van der Waals surface area contributed by atoms with Crippen LogP contribution in [0.5, 0.6) is 0 Å². The first-order valence-electron chi connectivity index (χ1n) is 7.40. The molecule has 0 amide bonds. The van der Waals surface area contributed by atoms with Gasteiger partial charge in [-0.15, -0.1) is 0 Å². The van der Waals surface area contributed by atoms with Crippen LogP contribution in [0.15, 0.2) is 41.3 Å². The summed E-state index contributed by atoms with van der Waals surface area (Å²) in [5.74, 6) is 0. The number of sulfonamides is 1. The van der Waals surface area contributed by atoms with Crippen LogP contribution in [0.1, 0.15) is 33.9 Å². The minimum atomic E-state index is -3.55. The lowest BCUT2D eigenvalue weighted by Crippen LogP contribution is -2.28. The van der Waals surface area contributed by atoms with E-state index in [9.17, 15) is 8.42 Å². The molecule has 1 aliphatic carbocycles. The molecular weight excluding hydrogens is 294 g/mol. The second-order valence-corrected chi connectivity index (χ2v) is 7.62. The van der Waals surface area contributed by atoms with Crippen molar-refractivity contribution in [2.24, 2.45) is 0 Å². The molecule has 115 valence electrons. The molecule has 2 aromatic carbocycles. The minimum Gasteiger partial charge on any atom is -0.207 e. The zero-order valence-electron chi connectivity index (χ0n) is 13.1. The fourth-order valence-electron chi connectivity index (χ4n) is 3.32. The third-order valence-corrected chi connectivity index (χ3v) is 5.86. The zero-order chi connectivity index (χ0) is 15.9. The van der Waals surface area contributed by atoms with Crippen LogP contribution < -0.4 is 4.72 Å². The Morgan fingerprint density at radius 2 is 1.68 bits per heavy atom. The number of nitrogens with one attached hydrogen (secondary N) is 1. The molecule has 2 aromatic rings. The molecule has 0 fully saturated rings. The van der Waals surface area contributed by atoms with Crippen LogP contribution in [-0.2, 0) is 16.4 Å². The normalized spacial score (nSPS) is 17.5. The molecule has 0 spiro atoms. The standard InChI is InChI=1S/C18H20NO2S/c1-12-10-13(2)18(14(3)11-12)22(20,21)19-17-9-8-15-6-4-5-7-16(15)17/h4-7,9-11,17,19H,8H2,1-3H3/t17-/m0/s1. The molecule has 0 aromatic heterocycles. The average molecular weight is 314 g/mol. The highest BCUT2D eigenvalue weighted by atomic mass is 32.2. The van der Waals surface area contributed by atoms with Crippen molar-refractivity contribution >= 4 is 10.0 Å². The Morgan fingerprint density at radius 1 is 1.05 bits per heavy atom. The number of benzene rings is 2. The first-order valence-corrected chi connectivity index (χ1v) is 8.88. The lowest BCUT2D eigenvalue weighted by Gasteiger charge is -2.17. The molecule has 22 heavy (non-hydrogen) atoms. The second-order valence-electron chi connectivity index (χ2n) is 5.97. The summed E-state index contributed by atoms with van der Waals surface area (Å²) in [4.78, 5) is 0.399. The molecular formula is C18H20NO2S. The monoisotopic (exact) mass is 314 g/mol. The van der Waals surface area contributed by atoms with Crippen molar-refractivity contribution in [3.8, 4) is 0 Å². The highest BCUT2D eigenvalue weighted by molar-refractivity contribution is 7.89. The van der Waals surface area contributed by atoms with Gasteiger partial charge in [-0.25, -0.2) is 13.1 Å². The van der Waals surface area contributed by atoms with Gasteiger partial charge in [-0.1, -0.05) is 42.0 Å². The summed E-state index contributed by atoms with van der Waals surface area (Å²) < 4.78 is 28.5. The molecule has 3 rings (SSSR count). The molecule has 1 radical (unpaired) electrons. The van der Waals surface area contributed by atoms with Crippen molar-refractivity contribution in [3.63, 3.8) is 0 Å². The van der Waals surface area contributed by atoms with Gasteiger partial charge in [0.05, 0.1) is 10.9 Å². The predicted molar refractivity (Wildman–Crippen MR) is 88.2 cm³/mol. The molecule has 0 bridgehead atoms. The maximum Gasteiger partial charge on any atom is 0.241 e. The van der Waals surface area contributed by atoms with Gasteiger partial charge in [0.2, 0.25) is 10.0 Å². The van der Waals surface area contributed by atoms with E-state index in [2.05, 4.69) is 4.72 Å². The molecule has 0 heterocycles. The summed E-state index contributed by atoms with van der Waals surface area (Å²) in [7, 11) is -3.55. The quantitative estimate of drug-likeness (QED) is 0.944. The Hall–Kier alpha value is -1.65. The number of hydrogen-bond acceptors (Lipinski definition) is 2. The summed E-state index contributed by atoms with van der Waals surface area (Å²) >= 11 is 0. The van der Waals surface area contributed by atoms with E-state index >= 15 is 0 Å². The molecule has 0 saturated heterocycles. The van der Waals surface area contributed by atoms with Crippen molar-refractivity contribution < 1.29 is 8.42 Å². The van der Waals surface area contributed by atoms with Crippen molar-refractivity contribution in [2.75, 3.05) is 0 Å². The second kappa shape index (κ2) is 5.52. The van der Waals surface area contributed by atoms with E-state index in [1.165, 1.54) is 5.56 Å². The van der Waals surface area contributed by atoms with E-state index in [4.69, 9.17) is 0 Å². The van der Waals surface area contributed by atoms with E-state index < -0.39 is 10.0 Å². The largest absolute Gasteiger partial charge is 0.241 e. The highest BCUT2D eigenvalue weighted by Crippen LogP contribution is 2.32. The number of hydrogen-bond donors (Lipinski definition) is 1. The van der Waals surface area contributed by atoms with Crippen molar-refractivity contribution in [3.05, 3.63) is 70.6 Å². The summed E-state index contributed by atoms with van der Waals surface area (Å²) in [5.41, 5.74) is 4.89. The van der Waals surface area contributed by atoms with Gasteiger partial charge in [-0.3, -0.25) is 0 Å². The summed E-state index contributed by atoms with van der Waals surface area (Å²) in [5, 5.41) is 0. The van der Waals surface area contributed by atoms with Crippen molar-refractivity contribution in [1.29, 1.82) is 0 Å². The van der Waals surface area contributed by atoms with E-state index in [1.54, 1.807) is 0 Å². The van der Waals surface area contributed by atoms with Crippen LogP contribution in [0.25, 0.3) is 0 Å². The van der Waals surface area contributed by atoms with Crippen molar-refractivity contribution in [2.45, 2.75) is 38.1 Å². The molecule has 1 N–H and O–H groups in total. The fraction of sp³-hybridized carbons (Fsp3) is 0.278. The van der Waals surface area contributed by atoms with Gasteiger partial charge in [0.1, 0.15) is 0 Å². The van der Waals surface area contributed by atoms with Gasteiger partial charge in [0.25, 0.3) is 0 Å². The molecule has 0 saturated carbocycles. The van der Waals surface area contributed by atoms with Gasteiger partial charge in [-0.05, 0) is 55.9 Å². The van der Waals surface area contributed by atoms with Crippen LogP contribution in [0.4, 0.5) is 0 Å². The third kappa shape index (κ3) is 2.69. The zero-order valence-corrected chi connectivity index (χ0v) is 13.9. The van der Waals surface area contributed by atoms with Gasteiger partial charge in [-0.2, -0.15) is 0 Å². The Labute approximate surface area is 132 Å². The summed E-state index contributed by atoms with van der Waals surface area (Å²) in [6.07, 6.45) is 2.82. The van der Waals surface area contributed by atoms with Crippen LogP contribution in [-0.4, -0.2) is 8.42 Å². The number of rotatable bonds is 3. The SMILES string of the molecule is Cc1cc(C)c(S(=O)(=O)N[C@H]2[CH]Cc3ccccc32)c(C)c1. The summed E-state index contributed by atoms with van der Waals surface area (Å²) in [6.45, 7) is 5.67. The Balaban J connectivity index is 1.96. The number of aryl methyl sites for hydroxylation is 3. The highest BCUT2D eigenvalue weighted by Gasteiger charge is 2.29. The predicted octanol–water partition coefficient (Wildman–Crippen LogP) is 3.39. The van der Waals surface area contributed by atoms with Gasteiger partial charge < -0.3 is 0 Å². The van der Waals surface area contributed by atoms with E-state index in [-0.39, 0.29) is 6.04 Å². The van der Waals surface area contributed by atoms with Gasteiger partial charge >= 0.3 is 0 Å². The molecule has 1 atom stereocenters. The fourth-order valence-corrected chi connectivity index (χ4v) is 4.96. The molecule has 0 unspecified atom stereocenters. The molecule has 3 nitrogen and oxygen atoms in total. The Kier molecular flexibility index (Phi) is 3.83. The van der Waals surface area contributed by atoms with Gasteiger partial charge in [0, 0.05) is 0 Å². The molecule has 4 heteroatoms. The Bertz CT molecular complexity index is 802. The van der Waals surface area contributed by atoms with E-state index in [0.717, 1.165) is 28.7 Å². The lowest BCUT2D eigenvalue weighted by molar-refractivity contribution is 0.570. The topological polar surface area (TPSA) is 46.2 Å². The van der Waals surface area contributed by atoms with Crippen LogP contribution in [0, 0.1) is 27.2 Å². The smallest absolute Gasteiger partial charge is 0.207 e. The minimum absolute atomic E-state index is 0.249. The summed E-state index contributed by atoms with van der Waals surface area (Å²) in [6, 6.07) is 11.5. The van der Waals surface area contributed by atoms with Gasteiger partial charge in [0.15, 0.2) is 0 Å².